The SMILES string of the molecule is C[C@H]1CCCC[C@H]1OCCNC(=O)Nc1cccnc1-n1cccn1. The highest BCUT2D eigenvalue weighted by molar-refractivity contribution is 5.90. The van der Waals surface area contributed by atoms with Crippen molar-refractivity contribution in [3.05, 3.63) is 36.8 Å². The molecule has 2 amide bonds. The summed E-state index contributed by atoms with van der Waals surface area (Å²) in [7, 11) is 0. The Kier molecular flexibility index (Phi) is 6.00. The molecule has 0 unspecified atom stereocenters. The first kappa shape index (κ1) is 17.4. The largest absolute Gasteiger partial charge is 0.376 e. The van der Waals surface area contributed by atoms with Gasteiger partial charge in [0.1, 0.15) is 0 Å². The Balaban J connectivity index is 1.45. The van der Waals surface area contributed by atoms with Crippen LogP contribution < -0.4 is 10.6 Å². The van der Waals surface area contributed by atoms with Crippen LogP contribution in [0.3, 0.4) is 0 Å². The number of nitrogens with one attached hydrogen (secondary N) is 2. The molecule has 0 bridgehead atoms. The summed E-state index contributed by atoms with van der Waals surface area (Å²) in [5.41, 5.74) is 0.602. The first-order chi connectivity index (χ1) is 12.2. The summed E-state index contributed by atoms with van der Waals surface area (Å²) in [6.45, 7) is 3.25. The van der Waals surface area contributed by atoms with Gasteiger partial charge in [0, 0.05) is 25.1 Å². The van der Waals surface area contributed by atoms with E-state index in [1.54, 1.807) is 35.4 Å². The minimum atomic E-state index is -0.276. The predicted octanol–water partition coefficient (Wildman–Crippen LogP) is 2.98. The lowest BCUT2D eigenvalue weighted by molar-refractivity contribution is -0.00232. The summed E-state index contributed by atoms with van der Waals surface area (Å²) in [6, 6.07) is 5.10. The summed E-state index contributed by atoms with van der Waals surface area (Å²) in [4.78, 5) is 16.4. The number of carbonyl (C=O) groups excluding carboxylic acids is 1. The van der Waals surface area contributed by atoms with E-state index < -0.39 is 0 Å². The van der Waals surface area contributed by atoms with Crippen LogP contribution in [-0.2, 0) is 4.74 Å². The maximum atomic E-state index is 12.1. The van der Waals surface area contributed by atoms with E-state index in [4.69, 9.17) is 4.74 Å². The topological polar surface area (TPSA) is 81.1 Å². The van der Waals surface area contributed by atoms with Gasteiger partial charge < -0.3 is 15.4 Å². The molecule has 0 spiro atoms. The third kappa shape index (κ3) is 4.79. The van der Waals surface area contributed by atoms with Gasteiger partial charge in [0.15, 0.2) is 5.82 Å². The lowest BCUT2D eigenvalue weighted by Crippen LogP contribution is -2.34. The summed E-state index contributed by atoms with van der Waals surface area (Å²) in [5.74, 6) is 1.18. The van der Waals surface area contributed by atoms with Gasteiger partial charge in [0.2, 0.25) is 0 Å². The molecule has 2 N–H and O–H groups in total. The Hall–Kier alpha value is -2.41. The third-order valence-corrected chi connectivity index (χ3v) is 4.51. The van der Waals surface area contributed by atoms with Gasteiger partial charge in [0.05, 0.1) is 18.4 Å². The van der Waals surface area contributed by atoms with Crippen LogP contribution in [0, 0.1) is 5.92 Å². The van der Waals surface area contributed by atoms with Crippen molar-refractivity contribution in [3.63, 3.8) is 0 Å². The molecule has 0 aromatic carbocycles. The fraction of sp³-hybridized carbons (Fsp3) is 0.500. The van der Waals surface area contributed by atoms with Gasteiger partial charge >= 0.3 is 6.03 Å². The molecular formula is C18H25N5O2. The average molecular weight is 343 g/mol. The highest BCUT2D eigenvalue weighted by Crippen LogP contribution is 2.26. The number of amides is 2. The van der Waals surface area contributed by atoms with Crippen LogP contribution in [-0.4, -0.2) is 40.1 Å². The van der Waals surface area contributed by atoms with Crippen molar-refractivity contribution >= 4 is 11.7 Å². The van der Waals surface area contributed by atoms with Crippen LogP contribution >= 0.6 is 0 Å². The smallest absolute Gasteiger partial charge is 0.319 e. The second kappa shape index (κ2) is 8.62. The predicted molar refractivity (Wildman–Crippen MR) is 95.8 cm³/mol. The molecule has 2 heterocycles. The number of nitrogens with zero attached hydrogens (tertiary/aromatic N) is 3. The summed E-state index contributed by atoms with van der Waals surface area (Å²) in [5, 5.41) is 9.79. The Bertz CT molecular complexity index is 674. The number of anilines is 1. The van der Waals surface area contributed by atoms with Crippen LogP contribution in [0.2, 0.25) is 0 Å². The van der Waals surface area contributed by atoms with Crippen molar-refractivity contribution in [2.45, 2.75) is 38.7 Å². The summed E-state index contributed by atoms with van der Waals surface area (Å²) >= 11 is 0. The fourth-order valence-electron chi connectivity index (χ4n) is 3.14. The van der Waals surface area contributed by atoms with Crippen LogP contribution in [0.5, 0.6) is 0 Å². The molecule has 1 aliphatic rings. The molecule has 2 aromatic heterocycles. The van der Waals surface area contributed by atoms with Gasteiger partial charge in [-0.3, -0.25) is 0 Å². The first-order valence-electron chi connectivity index (χ1n) is 8.85. The van der Waals surface area contributed by atoms with Gasteiger partial charge in [-0.1, -0.05) is 19.8 Å². The molecule has 2 atom stereocenters. The van der Waals surface area contributed by atoms with Gasteiger partial charge in [-0.2, -0.15) is 5.10 Å². The number of ether oxygens (including phenoxy) is 1. The lowest BCUT2D eigenvalue weighted by Gasteiger charge is -2.28. The van der Waals surface area contributed by atoms with Crippen molar-refractivity contribution in [2.75, 3.05) is 18.5 Å². The average Bonchev–Trinajstić information content (AvgIpc) is 3.15. The van der Waals surface area contributed by atoms with E-state index in [1.807, 2.05) is 6.07 Å². The third-order valence-electron chi connectivity index (χ3n) is 4.51. The van der Waals surface area contributed by atoms with Crippen LogP contribution in [0.1, 0.15) is 32.6 Å². The van der Waals surface area contributed by atoms with E-state index in [-0.39, 0.29) is 6.03 Å². The molecule has 25 heavy (non-hydrogen) atoms. The van der Waals surface area contributed by atoms with Crippen LogP contribution in [0.25, 0.3) is 5.82 Å². The molecule has 3 rings (SSSR count). The van der Waals surface area contributed by atoms with E-state index in [9.17, 15) is 4.79 Å². The maximum Gasteiger partial charge on any atom is 0.319 e. The monoisotopic (exact) mass is 343 g/mol. The molecule has 7 nitrogen and oxygen atoms in total. The standard InChI is InChI=1S/C18H25N5O2/c1-14-6-2-3-8-16(14)25-13-11-20-18(24)22-15-7-4-9-19-17(15)23-12-5-10-21-23/h4-5,7,9-10,12,14,16H,2-3,6,8,11,13H2,1H3,(H2,20,22,24)/t14-,16+/m0/s1. The molecule has 2 aromatic rings. The van der Waals surface area contributed by atoms with Gasteiger partial charge in [-0.25, -0.2) is 14.5 Å². The quantitative estimate of drug-likeness (QED) is 0.790. The number of carbonyl (C=O) groups is 1. The van der Waals surface area contributed by atoms with E-state index in [2.05, 4.69) is 27.6 Å². The Morgan fingerprint density at radius 3 is 3.00 bits per heavy atom. The molecule has 1 aliphatic carbocycles. The highest BCUT2D eigenvalue weighted by atomic mass is 16.5. The second-order valence-corrected chi connectivity index (χ2v) is 6.38. The molecular weight excluding hydrogens is 318 g/mol. The molecule has 7 heteroatoms. The van der Waals surface area contributed by atoms with Crippen LogP contribution in [0.4, 0.5) is 10.5 Å². The van der Waals surface area contributed by atoms with E-state index in [1.165, 1.54) is 19.3 Å². The number of urea groups is 1. The van der Waals surface area contributed by atoms with E-state index in [0.29, 0.717) is 36.7 Å². The van der Waals surface area contributed by atoms with Crippen molar-refractivity contribution in [2.24, 2.45) is 5.92 Å². The lowest BCUT2D eigenvalue weighted by atomic mass is 9.88. The van der Waals surface area contributed by atoms with Gasteiger partial charge in [-0.15, -0.1) is 0 Å². The zero-order valence-corrected chi connectivity index (χ0v) is 14.5. The minimum Gasteiger partial charge on any atom is -0.376 e. The first-order valence-corrected chi connectivity index (χ1v) is 8.85. The summed E-state index contributed by atoms with van der Waals surface area (Å²) in [6.07, 6.45) is 10.3. The highest BCUT2D eigenvalue weighted by Gasteiger charge is 2.21. The minimum absolute atomic E-state index is 0.276. The zero-order valence-electron chi connectivity index (χ0n) is 14.5. The van der Waals surface area contributed by atoms with Gasteiger partial charge in [-0.05, 0) is 37.0 Å². The number of aromatic nitrogens is 3. The Morgan fingerprint density at radius 2 is 2.20 bits per heavy atom. The number of hydrogen-bond donors (Lipinski definition) is 2. The Morgan fingerprint density at radius 1 is 1.32 bits per heavy atom. The van der Waals surface area contributed by atoms with E-state index >= 15 is 0 Å². The van der Waals surface area contributed by atoms with Crippen molar-refractivity contribution in [1.29, 1.82) is 0 Å². The van der Waals surface area contributed by atoms with Crippen molar-refractivity contribution in [3.8, 4) is 5.82 Å². The summed E-state index contributed by atoms with van der Waals surface area (Å²) < 4.78 is 7.52. The number of pyridine rings is 1. The molecule has 0 aliphatic heterocycles. The van der Waals surface area contributed by atoms with Crippen molar-refractivity contribution in [1.82, 2.24) is 20.1 Å². The molecule has 1 saturated carbocycles. The Labute approximate surface area is 147 Å². The van der Waals surface area contributed by atoms with Crippen molar-refractivity contribution < 1.29 is 9.53 Å². The van der Waals surface area contributed by atoms with Gasteiger partial charge in [0.25, 0.3) is 0 Å². The molecule has 0 radical (unpaired) electrons. The second-order valence-electron chi connectivity index (χ2n) is 6.38. The zero-order chi connectivity index (χ0) is 17.5. The molecule has 0 saturated heterocycles. The molecule has 1 fully saturated rings. The van der Waals surface area contributed by atoms with E-state index in [0.717, 1.165) is 6.42 Å². The normalized spacial score (nSPS) is 20.2. The number of hydrogen-bond acceptors (Lipinski definition) is 4. The number of rotatable bonds is 6. The molecule has 134 valence electrons. The van der Waals surface area contributed by atoms with Crippen LogP contribution in [0.15, 0.2) is 36.8 Å². The maximum absolute atomic E-state index is 12.1. The fourth-order valence-corrected chi connectivity index (χ4v) is 3.14.